The summed E-state index contributed by atoms with van der Waals surface area (Å²) in [5.41, 5.74) is 0. The van der Waals surface area contributed by atoms with Gasteiger partial charge in [-0.3, -0.25) is 4.79 Å². The highest BCUT2D eigenvalue weighted by molar-refractivity contribution is 6.31. The molecule has 0 bridgehead atoms. The zero-order valence-electron chi connectivity index (χ0n) is 9.79. The monoisotopic (exact) mass is 258 g/mol. The van der Waals surface area contributed by atoms with Gasteiger partial charge in [-0.1, -0.05) is 18.5 Å². The number of hydrogen-bond acceptors (Lipinski definition) is 5. The summed E-state index contributed by atoms with van der Waals surface area (Å²) in [5.74, 6) is 0.625. The minimum atomic E-state index is -0.108. The molecule has 0 saturated heterocycles. The molecule has 0 aliphatic rings. The van der Waals surface area contributed by atoms with Crippen LogP contribution in [0.2, 0.25) is 5.15 Å². The minimum absolute atomic E-state index is 0.108. The summed E-state index contributed by atoms with van der Waals surface area (Å²) in [7, 11) is 1.47. The van der Waals surface area contributed by atoms with E-state index in [0.29, 0.717) is 18.1 Å². The molecule has 2 N–H and O–H groups in total. The van der Waals surface area contributed by atoms with E-state index in [0.717, 1.165) is 6.42 Å². The molecule has 0 atom stereocenters. The number of halogens is 1. The zero-order chi connectivity index (χ0) is 12.7. The number of aromatic nitrogens is 2. The van der Waals surface area contributed by atoms with Crippen LogP contribution in [0.25, 0.3) is 0 Å². The molecule has 0 aliphatic carbocycles. The minimum Gasteiger partial charge on any atom is -0.490 e. The highest BCUT2D eigenvalue weighted by Gasteiger charge is 2.10. The number of anilines is 1. The molecular weight excluding hydrogens is 244 g/mol. The second-order valence-electron chi connectivity index (χ2n) is 3.25. The number of nitrogens with one attached hydrogen (secondary N) is 2. The second kappa shape index (κ2) is 6.90. The molecule has 17 heavy (non-hydrogen) atoms. The van der Waals surface area contributed by atoms with Crippen LogP contribution in [0.15, 0.2) is 6.33 Å². The van der Waals surface area contributed by atoms with Gasteiger partial charge in [0.05, 0.1) is 13.7 Å². The van der Waals surface area contributed by atoms with Gasteiger partial charge >= 0.3 is 0 Å². The van der Waals surface area contributed by atoms with Crippen LogP contribution in [0.4, 0.5) is 5.82 Å². The Bertz CT molecular complexity index is 387. The fraction of sp³-hybridized carbons (Fsp3) is 0.500. The number of hydrogen-bond donors (Lipinski definition) is 2. The Balaban J connectivity index is 2.57. The Labute approximate surface area is 105 Å². The quantitative estimate of drug-likeness (QED) is 0.747. The summed E-state index contributed by atoms with van der Waals surface area (Å²) in [6.45, 7) is 2.76. The van der Waals surface area contributed by atoms with Crippen LogP contribution in [-0.2, 0) is 4.79 Å². The normalized spacial score (nSPS) is 9.82. The van der Waals surface area contributed by atoms with Gasteiger partial charge in [-0.05, 0) is 6.42 Å². The van der Waals surface area contributed by atoms with Crippen molar-refractivity contribution in [2.45, 2.75) is 13.3 Å². The average molecular weight is 259 g/mol. The summed E-state index contributed by atoms with van der Waals surface area (Å²) < 4.78 is 5.04. The Morgan fingerprint density at radius 2 is 2.29 bits per heavy atom. The third kappa shape index (κ3) is 4.07. The van der Waals surface area contributed by atoms with Gasteiger partial charge in [-0.2, -0.15) is 0 Å². The lowest BCUT2D eigenvalue weighted by Gasteiger charge is -2.10. The van der Waals surface area contributed by atoms with Gasteiger partial charge in [0.2, 0.25) is 5.91 Å². The van der Waals surface area contributed by atoms with Crippen molar-refractivity contribution in [3.05, 3.63) is 11.5 Å². The van der Waals surface area contributed by atoms with E-state index < -0.39 is 0 Å². The maximum Gasteiger partial charge on any atom is 0.239 e. The summed E-state index contributed by atoms with van der Waals surface area (Å²) in [6, 6.07) is 0. The topological polar surface area (TPSA) is 76.1 Å². The first-order valence-corrected chi connectivity index (χ1v) is 5.61. The van der Waals surface area contributed by atoms with E-state index in [1.807, 2.05) is 6.92 Å². The summed E-state index contributed by atoms with van der Waals surface area (Å²) in [4.78, 5) is 19.1. The molecule has 0 aliphatic heterocycles. The lowest BCUT2D eigenvalue weighted by Crippen LogP contribution is -2.30. The fourth-order valence-electron chi connectivity index (χ4n) is 1.15. The van der Waals surface area contributed by atoms with Gasteiger partial charge in [-0.25, -0.2) is 9.97 Å². The zero-order valence-corrected chi connectivity index (χ0v) is 10.5. The Morgan fingerprint density at radius 1 is 1.53 bits per heavy atom. The Kier molecular flexibility index (Phi) is 5.48. The van der Waals surface area contributed by atoms with Crippen LogP contribution in [0.1, 0.15) is 13.3 Å². The van der Waals surface area contributed by atoms with E-state index in [-0.39, 0.29) is 17.6 Å². The van der Waals surface area contributed by atoms with Crippen LogP contribution in [0.5, 0.6) is 5.75 Å². The second-order valence-corrected chi connectivity index (χ2v) is 3.61. The van der Waals surface area contributed by atoms with Crippen molar-refractivity contribution >= 4 is 23.3 Å². The standard InChI is InChI=1S/C10H15ClN4O2/c1-3-4-12-7(16)5-13-10-8(17-2)9(11)14-6-15-10/h6H,3-5H2,1-2H3,(H,12,16)(H,13,14,15). The highest BCUT2D eigenvalue weighted by atomic mass is 35.5. The van der Waals surface area contributed by atoms with Crippen LogP contribution in [0, 0.1) is 0 Å². The molecule has 7 heteroatoms. The number of rotatable bonds is 6. The SMILES string of the molecule is CCCNC(=O)CNc1ncnc(Cl)c1OC. The average Bonchev–Trinajstić information content (AvgIpc) is 2.33. The van der Waals surface area contributed by atoms with Crippen molar-refractivity contribution in [3.8, 4) is 5.75 Å². The fourth-order valence-corrected chi connectivity index (χ4v) is 1.36. The molecule has 1 aromatic heterocycles. The molecule has 1 amide bonds. The first-order valence-electron chi connectivity index (χ1n) is 5.24. The molecule has 1 heterocycles. The maximum atomic E-state index is 11.4. The molecule has 0 spiro atoms. The van der Waals surface area contributed by atoms with Crippen LogP contribution >= 0.6 is 11.6 Å². The van der Waals surface area contributed by atoms with Gasteiger partial charge < -0.3 is 15.4 Å². The lowest BCUT2D eigenvalue weighted by atomic mass is 10.4. The van der Waals surface area contributed by atoms with Crippen molar-refractivity contribution < 1.29 is 9.53 Å². The number of amides is 1. The van der Waals surface area contributed by atoms with Crippen LogP contribution in [-0.4, -0.2) is 36.1 Å². The van der Waals surface area contributed by atoms with Crippen molar-refractivity contribution in [2.75, 3.05) is 25.5 Å². The van der Waals surface area contributed by atoms with E-state index >= 15 is 0 Å². The highest BCUT2D eigenvalue weighted by Crippen LogP contribution is 2.27. The number of methoxy groups -OCH3 is 1. The third-order valence-electron chi connectivity index (χ3n) is 1.95. The van der Waals surface area contributed by atoms with E-state index in [4.69, 9.17) is 16.3 Å². The molecule has 0 fully saturated rings. The van der Waals surface area contributed by atoms with E-state index in [1.165, 1.54) is 13.4 Å². The smallest absolute Gasteiger partial charge is 0.239 e. The summed E-state index contributed by atoms with van der Waals surface area (Å²) in [6.07, 6.45) is 2.20. The van der Waals surface area contributed by atoms with Gasteiger partial charge in [0.1, 0.15) is 6.33 Å². The van der Waals surface area contributed by atoms with E-state index in [1.54, 1.807) is 0 Å². The molecule has 6 nitrogen and oxygen atoms in total. The number of carbonyl (C=O) groups excluding carboxylic acids is 1. The molecule has 0 saturated carbocycles. The molecule has 0 unspecified atom stereocenters. The first-order chi connectivity index (χ1) is 8.19. The Hall–Kier alpha value is -1.56. The van der Waals surface area contributed by atoms with Gasteiger partial charge in [0.25, 0.3) is 0 Å². The largest absolute Gasteiger partial charge is 0.490 e. The first kappa shape index (κ1) is 13.5. The van der Waals surface area contributed by atoms with Crippen molar-refractivity contribution in [2.24, 2.45) is 0 Å². The van der Waals surface area contributed by atoms with Crippen LogP contribution in [0.3, 0.4) is 0 Å². The Morgan fingerprint density at radius 3 is 2.94 bits per heavy atom. The molecule has 0 radical (unpaired) electrons. The predicted octanol–water partition coefficient (Wildman–Crippen LogP) is 1.08. The van der Waals surface area contributed by atoms with Crippen molar-refractivity contribution in [1.29, 1.82) is 0 Å². The van der Waals surface area contributed by atoms with Crippen molar-refractivity contribution in [3.63, 3.8) is 0 Å². The summed E-state index contributed by atoms with van der Waals surface area (Å²) >= 11 is 5.81. The molecule has 1 rings (SSSR count). The van der Waals surface area contributed by atoms with Gasteiger partial charge in [-0.15, -0.1) is 0 Å². The molecule has 0 aromatic carbocycles. The van der Waals surface area contributed by atoms with Gasteiger partial charge in [0.15, 0.2) is 16.7 Å². The molecular formula is C10H15ClN4O2. The van der Waals surface area contributed by atoms with Gasteiger partial charge in [0, 0.05) is 6.54 Å². The van der Waals surface area contributed by atoms with Crippen molar-refractivity contribution in [1.82, 2.24) is 15.3 Å². The number of carbonyl (C=O) groups is 1. The number of ether oxygens (including phenoxy) is 1. The number of nitrogens with zero attached hydrogens (tertiary/aromatic N) is 2. The van der Waals surface area contributed by atoms with E-state index in [9.17, 15) is 4.79 Å². The predicted molar refractivity (Wildman–Crippen MR) is 65.4 cm³/mol. The molecule has 1 aromatic rings. The van der Waals surface area contributed by atoms with Crippen LogP contribution < -0.4 is 15.4 Å². The summed E-state index contributed by atoms with van der Waals surface area (Å²) in [5, 5.41) is 5.78. The van der Waals surface area contributed by atoms with E-state index in [2.05, 4.69) is 20.6 Å². The molecule has 94 valence electrons. The third-order valence-corrected chi connectivity index (χ3v) is 2.22. The lowest BCUT2D eigenvalue weighted by molar-refractivity contribution is -0.119. The maximum absolute atomic E-state index is 11.4.